The van der Waals surface area contributed by atoms with E-state index in [1.165, 1.54) is 5.56 Å². The van der Waals surface area contributed by atoms with Crippen molar-refractivity contribution in [1.29, 1.82) is 0 Å². The zero-order valence-electron chi connectivity index (χ0n) is 6.58. The quantitative estimate of drug-likeness (QED) is 0.621. The minimum absolute atomic E-state index is 0. The van der Waals surface area contributed by atoms with E-state index in [4.69, 9.17) is 0 Å². The molecule has 0 aliphatic heterocycles. The van der Waals surface area contributed by atoms with Gasteiger partial charge >= 0.3 is 0 Å². The van der Waals surface area contributed by atoms with Crippen LogP contribution in [0.4, 0.5) is 0 Å². The van der Waals surface area contributed by atoms with Crippen molar-refractivity contribution in [3.8, 4) is 0 Å². The third kappa shape index (κ3) is 2.72. The summed E-state index contributed by atoms with van der Waals surface area (Å²) in [7, 11) is 0. The van der Waals surface area contributed by atoms with E-state index >= 15 is 0 Å². The molecule has 1 aromatic rings. The number of halogens is 1. The average Bonchev–Trinajstić information content (AvgIpc) is 1.94. The van der Waals surface area contributed by atoms with E-state index in [1.54, 1.807) is 0 Å². The molecule has 11 heavy (non-hydrogen) atoms. The van der Waals surface area contributed by atoms with Crippen LogP contribution >= 0.6 is 12.4 Å². The van der Waals surface area contributed by atoms with Crippen LogP contribution in [-0.2, 0) is 6.42 Å². The van der Waals surface area contributed by atoms with Crippen molar-refractivity contribution >= 4 is 12.4 Å². The number of hydrogen-bond acceptors (Lipinski definition) is 1. The molecule has 0 aliphatic rings. The second-order valence-corrected chi connectivity index (χ2v) is 2.24. The molecule has 1 heterocycles. The van der Waals surface area contributed by atoms with Gasteiger partial charge in [0.05, 0.1) is 0 Å². The SMILES string of the molecule is C=CCc1cccnc1C.Cl. The maximum absolute atomic E-state index is 4.15. The Morgan fingerprint density at radius 1 is 1.64 bits per heavy atom. The number of nitrogens with zero attached hydrogens (tertiary/aromatic N) is 1. The Morgan fingerprint density at radius 2 is 2.36 bits per heavy atom. The molecule has 1 rings (SSSR count). The highest BCUT2D eigenvalue weighted by atomic mass is 35.5. The van der Waals surface area contributed by atoms with Gasteiger partial charge in [-0.05, 0) is 25.0 Å². The van der Waals surface area contributed by atoms with Crippen LogP contribution in [0, 0.1) is 6.92 Å². The van der Waals surface area contributed by atoms with Crippen LogP contribution in [0.15, 0.2) is 31.0 Å². The first-order chi connectivity index (χ1) is 4.84. The summed E-state index contributed by atoms with van der Waals surface area (Å²) in [5.74, 6) is 0. The van der Waals surface area contributed by atoms with E-state index in [2.05, 4.69) is 17.6 Å². The lowest BCUT2D eigenvalue weighted by Crippen LogP contribution is -1.88. The van der Waals surface area contributed by atoms with Crippen molar-refractivity contribution < 1.29 is 0 Å². The molecule has 0 atom stereocenters. The number of rotatable bonds is 2. The van der Waals surface area contributed by atoms with Gasteiger partial charge in [-0.3, -0.25) is 4.98 Å². The lowest BCUT2D eigenvalue weighted by molar-refractivity contribution is 1.10. The molecule has 0 spiro atoms. The van der Waals surface area contributed by atoms with E-state index in [9.17, 15) is 0 Å². The van der Waals surface area contributed by atoms with Gasteiger partial charge in [0.1, 0.15) is 0 Å². The fourth-order valence-electron chi connectivity index (χ4n) is 0.889. The molecule has 2 heteroatoms. The molecule has 60 valence electrons. The molecule has 0 saturated heterocycles. The maximum atomic E-state index is 4.15. The van der Waals surface area contributed by atoms with E-state index in [-0.39, 0.29) is 12.4 Å². The van der Waals surface area contributed by atoms with Crippen molar-refractivity contribution in [2.24, 2.45) is 0 Å². The van der Waals surface area contributed by atoms with Crippen LogP contribution < -0.4 is 0 Å². The Balaban J connectivity index is 0.000001000. The molecule has 0 N–H and O–H groups in total. The van der Waals surface area contributed by atoms with Crippen LogP contribution in [0.2, 0.25) is 0 Å². The van der Waals surface area contributed by atoms with Crippen molar-refractivity contribution in [1.82, 2.24) is 4.98 Å². The molecule has 0 unspecified atom stereocenters. The van der Waals surface area contributed by atoms with Crippen molar-refractivity contribution in [2.45, 2.75) is 13.3 Å². The molecule has 0 radical (unpaired) electrons. The summed E-state index contributed by atoms with van der Waals surface area (Å²) < 4.78 is 0. The van der Waals surface area contributed by atoms with Gasteiger partial charge in [0.15, 0.2) is 0 Å². The van der Waals surface area contributed by atoms with Crippen LogP contribution in [0.3, 0.4) is 0 Å². The Bertz CT molecular complexity index is 233. The van der Waals surface area contributed by atoms with Crippen molar-refractivity contribution in [2.75, 3.05) is 0 Å². The van der Waals surface area contributed by atoms with Gasteiger partial charge in [0.2, 0.25) is 0 Å². The molecule has 0 bridgehead atoms. The van der Waals surface area contributed by atoms with Crippen molar-refractivity contribution in [3.63, 3.8) is 0 Å². The summed E-state index contributed by atoms with van der Waals surface area (Å²) in [5.41, 5.74) is 2.36. The number of hydrogen-bond donors (Lipinski definition) is 0. The van der Waals surface area contributed by atoms with Gasteiger partial charge in [0, 0.05) is 11.9 Å². The lowest BCUT2D eigenvalue weighted by Gasteiger charge is -1.98. The zero-order valence-corrected chi connectivity index (χ0v) is 7.40. The second kappa shape index (κ2) is 4.91. The standard InChI is InChI=1S/C9H11N.ClH/c1-3-5-9-6-4-7-10-8(9)2;/h3-4,6-7H,1,5H2,2H3;1H. The van der Waals surface area contributed by atoms with E-state index < -0.39 is 0 Å². The molecule has 0 saturated carbocycles. The summed E-state index contributed by atoms with van der Waals surface area (Å²) in [4.78, 5) is 4.15. The maximum Gasteiger partial charge on any atom is 0.0407 e. The molecule has 1 aromatic heterocycles. The molecular weight excluding hydrogens is 158 g/mol. The van der Waals surface area contributed by atoms with Crippen LogP contribution in [0.5, 0.6) is 0 Å². The van der Waals surface area contributed by atoms with Gasteiger partial charge in [0.25, 0.3) is 0 Å². The van der Waals surface area contributed by atoms with Crippen LogP contribution in [0.25, 0.3) is 0 Å². The Kier molecular flexibility index (Phi) is 4.55. The Labute approximate surface area is 73.6 Å². The smallest absolute Gasteiger partial charge is 0.0407 e. The van der Waals surface area contributed by atoms with Gasteiger partial charge in [-0.25, -0.2) is 0 Å². The number of aryl methyl sites for hydroxylation is 1. The number of allylic oxidation sites excluding steroid dienone is 1. The molecule has 1 nitrogen and oxygen atoms in total. The molecule has 0 aliphatic carbocycles. The van der Waals surface area contributed by atoms with E-state index in [0.717, 1.165) is 12.1 Å². The Hall–Kier alpha value is -0.820. The van der Waals surface area contributed by atoms with E-state index in [1.807, 2.05) is 25.3 Å². The third-order valence-corrected chi connectivity index (χ3v) is 1.48. The third-order valence-electron chi connectivity index (χ3n) is 1.48. The van der Waals surface area contributed by atoms with Crippen LogP contribution in [-0.4, -0.2) is 4.98 Å². The summed E-state index contributed by atoms with van der Waals surface area (Å²) in [5, 5.41) is 0. The second-order valence-electron chi connectivity index (χ2n) is 2.24. The first-order valence-electron chi connectivity index (χ1n) is 3.36. The van der Waals surface area contributed by atoms with E-state index in [0.29, 0.717) is 0 Å². The predicted molar refractivity (Wildman–Crippen MR) is 50.1 cm³/mol. The zero-order chi connectivity index (χ0) is 7.40. The van der Waals surface area contributed by atoms with Gasteiger partial charge in [-0.15, -0.1) is 19.0 Å². The monoisotopic (exact) mass is 169 g/mol. The Morgan fingerprint density at radius 3 is 2.91 bits per heavy atom. The normalized spacial score (nSPS) is 8.45. The summed E-state index contributed by atoms with van der Waals surface area (Å²) in [6.07, 6.45) is 4.62. The fraction of sp³-hybridized carbons (Fsp3) is 0.222. The summed E-state index contributed by atoms with van der Waals surface area (Å²) in [6.45, 7) is 5.68. The molecular formula is C9H12ClN. The minimum Gasteiger partial charge on any atom is -0.261 e. The van der Waals surface area contributed by atoms with Crippen molar-refractivity contribution in [3.05, 3.63) is 42.2 Å². The van der Waals surface area contributed by atoms with Gasteiger partial charge in [-0.1, -0.05) is 12.1 Å². The molecule has 0 aromatic carbocycles. The fourth-order valence-corrected chi connectivity index (χ4v) is 0.889. The van der Waals surface area contributed by atoms with Gasteiger partial charge < -0.3 is 0 Å². The first kappa shape index (κ1) is 10.2. The highest BCUT2D eigenvalue weighted by molar-refractivity contribution is 5.85. The highest BCUT2D eigenvalue weighted by Crippen LogP contribution is 2.03. The number of pyridine rings is 1. The summed E-state index contributed by atoms with van der Waals surface area (Å²) in [6, 6.07) is 4.02. The molecule has 0 amide bonds. The summed E-state index contributed by atoms with van der Waals surface area (Å²) >= 11 is 0. The average molecular weight is 170 g/mol. The minimum atomic E-state index is 0. The predicted octanol–water partition coefficient (Wildman–Crippen LogP) is 2.54. The highest BCUT2D eigenvalue weighted by Gasteiger charge is 1.92. The topological polar surface area (TPSA) is 12.9 Å². The number of aromatic nitrogens is 1. The lowest BCUT2D eigenvalue weighted by atomic mass is 10.1. The largest absolute Gasteiger partial charge is 0.261 e. The van der Waals surface area contributed by atoms with Crippen LogP contribution in [0.1, 0.15) is 11.3 Å². The molecule has 0 fully saturated rings. The van der Waals surface area contributed by atoms with Gasteiger partial charge in [-0.2, -0.15) is 0 Å². The first-order valence-corrected chi connectivity index (χ1v) is 3.36.